The van der Waals surface area contributed by atoms with E-state index in [0.29, 0.717) is 18.7 Å². The van der Waals surface area contributed by atoms with Crippen LogP contribution in [0.4, 0.5) is 10.1 Å². The maximum absolute atomic E-state index is 13.2. The van der Waals surface area contributed by atoms with Gasteiger partial charge in [-0.15, -0.1) is 0 Å². The van der Waals surface area contributed by atoms with E-state index in [9.17, 15) is 9.18 Å². The molecule has 150 valence electrons. The second-order valence-electron chi connectivity index (χ2n) is 7.95. The molecule has 2 saturated heterocycles. The van der Waals surface area contributed by atoms with Gasteiger partial charge < -0.3 is 9.80 Å². The standard InChI is InChI=1S/C22H24FN5O/c23-18-7-5-16(6-8-18)22(29)27-13-3-4-17(14-27)21-24-20-10-9-19(15-28(20)25-21)26-11-1-2-12-26/h5-10,15,17H,1-4,11-14H2/t17-/m0/s1. The Morgan fingerprint density at radius 1 is 1.00 bits per heavy atom. The number of anilines is 1. The summed E-state index contributed by atoms with van der Waals surface area (Å²) in [4.78, 5) is 21.7. The first-order chi connectivity index (χ1) is 14.2. The minimum Gasteiger partial charge on any atom is -0.370 e. The lowest BCUT2D eigenvalue weighted by atomic mass is 9.96. The van der Waals surface area contributed by atoms with Crippen molar-refractivity contribution < 1.29 is 9.18 Å². The lowest BCUT2D eigenvalue weighted by Crippen LogP contribution is -2.39. The molecule has 0 aliphatic carbocycles. The number of benzene rings is 1. The molecule has 0 saturated carbocycles. The van der Waals surface area contributed by atoms with Crippen molar-refractivity contribution in [3.05, 3.63) is 59.8 Å². The molecule has 2 aliphatic heterocycles. The van der Waals surface area contributed by atoms with E-state index >= 15 is 0 Å². The smallest absolute Gasteiger partial charge is 0.253 e. The number of carbonyl (C=O) groups is 1. The van der Waals surface area contributed by atoms with E-state index in [-0.39, 0.29) is 17.6 Å². The maximum atomic E-state index is 13.2. The van der Waals surface area contributed by atoms with E-state index in [1.807, 2.05) is 15.5 Å². The highest BCUT2D eigenvalue weighted by Gasteiger charge is 2.28. The highest BCUT2D eigenvalue weighted by molar-refractivity contribution is 5.94. The van der Waals surface area contributed by atoms with Crippen LogP contribution in [0.25, 0.3) is 5.65 Å². The molecule has 2 aromatic heterocycles. The first kappa shape index (κ1) is 18.1. The van der Waals surface area contributed by atoms with Gasteiger partial charge in [-0.25, -0.2) is 13.9 Å². The van der Waals surface area contributed by atoms with Crippen LogP contribution in [-0.4, -0.2) is 51.6 Å². The predicted molar refractivity (Wildman–Crippen MR) is 109 cm³/mol. The number of hydrogen-bond donors (Lipinski definition) is 0. The number of halogens is 1. The van der Waals surface area contributed by atoms with Crippen LogP contribution in [0.3, 0.4) is 0 Å². The number of piperidine rings is 1. The lowest BCUT2D eigenvalue weighted by molar-refractivity contribution is 0.0704. The zero-order valence-electron chi connectivity index (χ0n) is 16.3. The average Bonchev–Trinajstić information content (AvgIpc) is 3.43. The van der Waals surface area contributed by atoms with Crippen molar-refractivity contribution in [3.63, 3.8) is 0 Å². The summed E-state index contributed by atoms with van der Waals surface area (Å²) in [7, 11) is 0. The van der Waals surface area contributed by atoms with Crippen molar-refractivity contribution in [2.24, 2.45) is 0 Å². The second-order valence-corrected chi connectivity index (χ2v) is 7.95. The number of rotatable bonds is 3. The van der Waals surface area contributed by atoms with Gasteiger partial charge in [0.25, 0.3) is 5.91 Å². The molecule has 2 fully saturated rings. The van der Waals surface area contributed by atoms with Gasteiger partial charge in [-0.05, 0) is 62.1 Å². The molecule has 7 heteroatoms. The topological polar surface area (TPSA) is 53.7 Å². The minimum atomic E-state index is -0.333. The van der Waals surface area contributed by atoms with Crippen LogP contribution >= 0.6 is 0 Å². The Bertz CT molecular complexity index is 1030. The van der Waals surface area contributed by atoms with Crippen LogP contribution < -0.4 is 4.90 Å². The van der Waals surface area contributed by atoms with Crippen molar-refractivity contribution in [1.82, 2.24) is 19.5 Å². The fourth-order valence-electron chi connectivity index (χ4n) is 4.37. The van der Waals surface area contributed by atoms with E-state index in [2.05, 4.69) is 17.2 Å². The van der Waals surface area contributed by atoms with Gasteiger partial charge in [-0.2, -0.15) is 5.10 Å². The summed E-state index contributed by atoms with van der Waals surface area (Å²) in [6.45, 7) is 3.48. The number of likely N-dealkylation sites (tertiary alicyclic amines) is 1. The molecule has 1 amide bonds. The van der Waals surface area contributed by atoms with E-state index in [4.69, 9.17) is 10.1 Å². The Balaban J connectivity index is 1.35. The molecule has 4 heterocycles. The number of hydrogen-bond acceptors (Lipinski definition) is 4. The summed E-state index contributed by atoms with van der Waals surface area (Å²) in [5.74, 6) is 0.513. The normalized spacial score (nSPS) is 19.8. The fourth-order valence-corrected chi connectivity index (χ4v) is 4.37. The van der Waals surface area contributed by atoms with E-state index < -0.39 is 0 Å². The van der Waals surface area contributed by atoms with Gasteiger partial charge in [0.2, 0.25) is 0 Å². The molecule has 0 N–H and O–H groups in total. The first-order valence-electron chi connectivity index (χ1n) is 10.3. The summed E-state index contributed by atoms with van der Waals surface area (Å²) in [5.41, 5.74) is 2.54. The lowest BCUT2D eigenvalue weighted by Gasteiger charge is -2.31. The van der Waals surface area contributed by atoms with Crippen LogP contribution in [0, 0.1) is 5.82 Å². The highest BCUT2D eigenvalue weighted by atomic mass is 19.1. The van der Waals surface area contributed by atoms with Gasteiger partial charge in [0, 0.05) is 37.7 Å². The third kappa shape index (κ3) is 3.57. The SMILES string of the molecule is O=C(c1ccc(F)cc1)N1CCC[C@H](c2nc3ccc(N4CCCC4)cn3n2)C1. The zero-order valence-corrected chi connectivity index (χ0v) is 16.3. The Labute approximate surface area is 168 Å². The zero-order chi connectivity index (χ0) is 19.8. The summed E-state index contributed by atoms with van der Waals surface area (Å²) in [5, 5.41) is 4.74. The number of pyridine rings is 1. The van der Waals surface area contributed by atoms with Crippen LogP contribution in [0.15, 0.2) is 42.6 Å². The summed E-state index contributed by atoms with van der Waals surface area (Å²) in [6, 6.07) is 9.89. The third-order valence-electron chi connectivity index (χ3n) is 5.97. The molecule has 0 unspecified atom stereocenters. The van der Waals surface area contributed by atoms with Gasteiger partial charge in [0.15, 0.2) is 11.5 Å². The molecule has 3 aromatic rings. The quantitative estimate of drug-likeness (QED) is 0.684. The van der Waals surface area contributed by atoms with E-state index in [1.54, 1.807) is 12.1 Å². The third-order valence-corrected chi connectivity index (χ3v) is 5.97. The number of aromatic nitrogens is 3. The van der Waals surface area contributed by atoms with Crippen molar-refractivity contribution in [3.8, 4) is 0 Å². The fraction of sp³-hybridized carbons (Fsp3) is 0.409. The van der Waals surface area contributed by atoms with E-state index in [0.717, 1.165) is 37.4 Å². The van der Waals surface area contributed by atoms with Crippen LogP contribution in [0.2, 0.25) is 0 Å². The van der Waals surface area contributed by atoms with Gasteiger partial charge in [0.1, 0.15) is 5.82 Å². The monoisotopic (exact) mass is 393 g/mol. The highest BCUT2D eigenvalue weighted by Crippen LogP contribution is 2.27. The Hall–Kier alpha value is -2.96. The van der Waals surface area contributed by atoms with Gasteiger partial charge in [0.05, 0.1) is 11.9 Å². The number of carbonyl (C=O) groups excluding carboxylic acids is 1. The molecule has 5 rings (SSSR count). The van der Waals surface area contributed by atoms with Crippen LogP contribution in [0.1, 0.15) is 47.8 Å². The molecule has 1 atom stereocenters. The van der Waals surface area contributed by atoms with Gasteiger partial charge in [-0.1, -0.05) is 0 Å². The van der Waals surface area contributed by atoms with Crippen molar-refractivity contribution in [2.45, 2.75) is 31.6 Å². The average molecular weight is 393 g/mol. The molecule has 0 radical (unpaired) electrons. The van der Waals surface area contributed by atoms with Gasteiger partial charge >= 0.3 is 0 Å². The molecule has 6 nitrogen and oxygen atoms in total. The van der Waals surface area contributed by atoms with E-state index in [1.165, 1.54) is 30.7 Å². The van der Waals surface area contributed by atoms with Crippen molar-refractivity contribution in [1.29, 1.82) is 0 Å². The number of nitrogens with zero attached hydrogens (tertiary/aromatic N) is 5. The Morgan fingerprint density at radius 2 is 1.79 bits per heavy atom. The first-order valence-corrected chi connectivity index (χ1v) is 10.3. The summed E-state index contributed by atoms with van der Waals surface area (Å²) in [6.07, 6.45) is 6.40. The summed E-state index contributed by atoms with van der Waals surface area (Å²) < 4.78 is 15.0. The van der Waals surface area contributed by atoms with Crippen molar-refractivity contribution >= 4 is 17.2 Å². The Kier molecular flexibility index (Phi) is 4.66. The molecule has 1 aromatic carbocycles. The molecule has 29 heavy (non-hydrogen) atoms. The molecular weight excluding hydrogens is 369 g/mol. The summed E-state index contributed by atoms with van der Waals surface area (Å²) >= 11 is 0. The Morgan fingerprint density at radius 3 is 2.59 bits per heavy atom. The molecule has 2 aliphatic rings. The minimum absolute atomic E-state index is 0.0604. The number of amides is 1. The van der Waals surface area contributed by atoms with Gasteiger partial charge in [-0.3, -0.25) is 4.79 Å². The largest absolute Gasteiger partial charge is 0.370 e. The van der Waals surface area contributed by atoms with Crippen LogP contribution in [-0.2, 0) is 0 Å². The van der Waals surface area contributed by atoms with Crippen LogP contribution in [0.5, 0.6) is 0 Å². The molecule has 0 spiro atoms. The molecular formula is C22H24FN5O. The second kappa shape index (κ2) is 7.46. The maximum Gasteiger partial charge on any atom is 0.253 e. The number of fused-ring (bicyclic) bond motifs is 1. The predicted octanol–water partition coefficient (Wildman–Crippen LogP) is 3.49. The van der Waals surface area contributed by atoms with Crippen molar-refractivity contribution in [2.75, 3.05) is 31.1 Å². The molecule has 0 bridgehead atoms.